The summed E-state index contributed by atoms with van der Waals surface area (Å²) in [6.07, 6.45) is 1.10. The van der Waals surface area contributed by atoms with Gasteiger partial charge >= 0.3 is 6.18 Å². The number of nitrogens with zero attached hydrogens (tertiary/aromatic N) is 3. The summed E-state index contributed by atoms with van der Waals surface area (Å²) in [6.45, 7) is 0.00484. The van der Waals surface area contributed by atoms with E-state index in [4.69, 9.17) is 15.2 Å². The van der Waals surface area contributed by atoms with Crippen LogP contribution in [0.4, 0.5) is 13.2 Å². The fourth-order valence-electron chi connectivity index (χ4n) is 6.29. The molecular formula is C33H32F3N5O5. The topological polar surface area (TPSA) is 142 Å². The molecule has 10 nitrogen and oxygen atoms in total. The van der Waals surface area contributed by atoms with Gasteiger partial charge in [0.1, 0.15) is 34.7 Å². The number of benzene rings is 2. The van der Waals surface area contributed by atoms with Crippen molar-refractivity contribution < 1.29 is 37.3 Å². The maximum atomic E-state index is 14.9. The number of nitrogens with two attached hydrogens (primary N) is 1. The van der Waals surface area contributed by atoms with E-state index in [9.17, 15) is 27.9 Å². The number of aryl methyl sites for hydroxylation is 2. The lowest BCUT2D eigenvalue weighted by molar-refractivity contribution is -0.265. The van der Waals surface area contributed by atoms with Gasteiger partial charge in [0.05, 0.1) is 25.4 Å². The number of aliphatic hydroxyl groups is 1. The van der Waals surface area contributed by atoms with Crippen LogP contribution in [0.5, 0.6) is 11.5 Å². The highest BCUT2D eigenvalue weighted by atomic mass is 19.4. The molecule has 13 heteroatoms. The fourth-order valence-corrected chi connectivity index (χ4v) is 6.29. The van der Waals surface area contributed by atoms with E-state index in [2.05, 4.69) is 15.4 Å². The summed E-state index contributed by atoms with van der Waals surface area (Å²) in [6, 6.07) is 9.66. The summed E-state index contributed by atoms with van der Waals surface area (Å²) < 4.78 is 57.7. The van der Waals surface area contributed by atoms with E-state index in [1.54, 1.807) is 16.9 Å². The zero-order valence-electron chi connectivity index (χ0n) is 25.2. The van der Waals surface area contributed by atoms with Crippen molar-refractivity contribution >= 4 is 22.7 Å². The van der Waals surface area contributed by atoms with Gasteiger partial charge in [0, 0.05) is 28.3 Å². The van der Waals surface area contributed by atoms with Crippen LogP contribution in [0.15, 0.2) is 42.6 Å². The summed E-state index contributed by atoms with van der Waals surface area (Å²) in [5.41, 5.74) is 3.13. The molecule has 1 aliphatic heterocycles. The molecule has 2 aromatic carbocycles. The van der Waals surface area contributed by atoms with E-state index in [0.29, 0.717) is 16.5 Å². The van der Waals surface area contributed by atoms with Gasteiger partial charge in [-0.3, -0.25) is 14.3 Å². The summed E-state index contributed by atoms with van der Waals surface area (Å²) in [5, 5.41) is 18.8. The Morgan fingerprint density at radius 1 is 1.17 bits per heavy atom. The van der Waals surface area contributed by atoms with Crippen molar-refractivity contribution in [3.63, 3.8) is 0 Å². The van der Waals surface area contributed by atoms with E-state index in [1.165, 1.54) is 26.2 Å². The summed E-state index contributed by atoms with van der Waals surface area (Å²) in [4.78, 5) is 30.2. The van der Waals surface area contributed by atoms with Crippen LogP contribution in [0.2, 0.25) is 0 Å². The Balaban J connectivity index is 1.28. The van der Waals surface area contributed by atoms with Crippen LogP contribution in [-0.4, -0.2) is 58.1 Å². The van der Waals surface area contributed by atoms with Gasteiger partial charge in [-0.15, -0.1) is 0 Å². The van der Waals surface area contributed by atoms with Gasteiger partial charge in [-0.05, 0) is 74.4 Å². The third-order valence-corrected chi connectivity index (χ3v) is 9.38. The number of rotatable bonds is 8. The molecule has 0 spiro atoms. The summed E-state index contributed by atoms with van der Waals surface area (Å²) >= 11 is 0. The van der Waals surface area contributed by atoms with Crippen molar-refractivity contribution in [1.82, 2.24) is 20.1 Å². The number of primary amides is 1. The lowest BCUT2D eigenvalue weighted by Crippen LogP contribution is -2.51. The number of nitrogens with one attached hydrogen (secondary N) is 1. The number of alkyl halides is 3. The number of halogens is 3. The van der Waals surface area contributed by atoms with E-state index in [1.807, 2.05) is 12.1 Å². The van der Waals surface area contributed by atoms with Crippen molar-refractivity contribution in [3.05, 3.63) is 70.5 Å². The lowest BCUT2D eigenvalue weighted by atomic mass is 9.81. The normalized spacial score (nSPS) is 20.1. The number of ether oxygens (including phenoxy) is 2. The Bertz CT molecular complexity index is 1920. The molecule has 3 aliphatic rings. The molecule has 1 saturated carbocycles. The average Bonchev–Trinajstić information content (AvgIpc) is 3.45. The first kappa shape index (κ1) is 30.0. The maximum absolute atomic E-state index is 14.9. The molecule has 3 heterocycles. The molecule has 0 unspecified atom stereocenters. The number of carbonyl (C=O) groups is 2. The number of hydrogen-bond acceptors (Lipinski definition) is 7. The predicted octanol–water partition coefficient (Wildman–Crippen LogP) is 4.25. The molecule has 0 bridgehead atoms. The van der Waals surface area contributed by atoms with E-state index in [-0.39, 0.29) is 41.0 Å². The fraction of sp³-hybridized carbons (Fsp3) is 0.394. The maximum Gasteiger partial charge on any atom is 0.424 e. The zero-order valence-corrected chi connectivity index (χ0v) is 25.2. The second-order valence-electron chi connectivity index (χ2n) is 12.6. The predicted molar refractivity (Wildman–Crippen MR) is 161 cm³/mol. The lowest BCUT2D eigenvalue weighted by Gasteiger charge is -2.31. The summed E-state index contributed by atoms with van der Waals surface area (Å²) in [7, 11) is 1.41. The Morgan fingerprint density at radius 3 is 2.63 bits per heavy atom. The second kappa shape index (κ2) is 10.4. The molecule has 4 aromatic rings. The van der Waals surface area contributed by atoms with Gasteiger partial charge in [0.15, 0.2) is 0 Å². The van der Waals surface area contributed by atoms with Gasteiger partial charge in [-0.25, -0.2) is 4.98 Å². The van der Waals surface area contributed by atoms with Crippen molar-refractivity contribution in [2.45, 2.75) is 62.3 Å². The van der Waals surface area contributed by atoms with Crippen molar-refractivity contribution in [2.24, 2.45) is 5.73 Å². The van der Waals surface area contributed by atoms with E-state index >= 15 is 0 Å². The molecule has 46 heavy (non-hydrogen) atoms. The van der Waals surface area contributed by atoms with Crippen LogP contribution >= 0.6 is 0 Å². The highest BCUT2D eigenvalue weighted by molar-refractivity contribution is 6.00. The minimum atomic E-state index is -5.29. The quantitative estimate of drug-likeness (QED) is 0.263. The monoisotopic (exact) mass is 635 g/mol. The van der Waals surface area contributed by atoms with Crippen molar-refractivity contribution in [1.29, 1.82) is 0 Å². The molecule has 2 aliphatic carbocycles. The smallest absolute Gasteiger partial charge is 0.424 e. The minimum Gasteiger partial charge on any atom is -0.494 e. The Morgan fingerprint density at radius 2 is 1.93 bits per heavy atom. The average molecular weight is 636 g/mol. The standard InChI is InChI=1S/C33H32F3N5O5/c1-31(30(37)43)16-46-28-23(31)13-25(39-27(28)19-7-6-17-4-3-5-18(17)10-19)32(44,33(34,35)36)15-38-29(42)20-11-21-14-41(22-8-9-22)40-26(21)24(12-20)45-2/h6-7,10-14,22,44H,3-5,8-9,15-16H2,1-2H3,(H2,37,43)(H,38,42)/t31-,32-/m0/s1. The molecule has 4 N–H and O–H groups in total. The summed E-state index contributed by atoms with van der Waals surface area (Å²) in [5.74, 6) is -1.25. The molecule has 2 atom stereocenters. The number of pyridine rings is 1. The number of carbonyl (C=O) groups excluding carboxylic acids is 2. The highest BCUT2D eigenvalue weighted by Crippen LogP contribution is 2.48. The molecular weight excluding hydrogens is 603 g/mol. The Hall–Kier alpha value is -4.65. The van der Waals surface area contributed by atoms with Gasteiger partial charge in [0.2, 0.25) is 11.5 Å². The minimum absolute atomic E-state index is 0.0275. The third kappa shape index (κ3) is 4.75. The highest BCUT2D eigenvalue weighted by Gasteiger charge is 2.57. The molecule has 7 rings (SSSR count). The Labute approximate surface area is 261 Å². The number of hydrogen-bond donors (Lipinski definition) is 3. The van der Waals surface area contributed by atoms with E-state index in [0.717, 1.165) is 49.3 Å². The van der Waals surface area contributed by atoms with Crippen molar-refractivity contribution in [2.75, 3.05) is 20.3 Å². The van der Waals surface area contributed by atoms with Gasteiger partial charge in [-0.1, -0.05) is 12.1 Å². The first-order valence-corrected chi connectivity index (χ1v) is 15.1. The number of fused-ring (bicyclic) bond motifs is 3. The van der Waals surface area contributed by atoms with Crippen molar-refractivity contribution in [3.8, 4) is 22.8 Å². The molecule has 1 fully saturated rings. The van der Waals surface area contributed by atoms with Crippen LogP contribution in [-0.2, 0) is 28.7 Å². The second-order valence-corrected chi connectivity index (χ2v) is 12.6. The SMILES string of the molecule is COc1cc(C(=O)NC[C@](O)(c2cc3c(c(-c4ccc5c(c4)CCC5)n2)OC[C@]3(C)C(N)=O)C(F)(F)F)cc2cn(C3CC3)nc12. The molecule has 0 radical (unpaired) electrons. The Kier molecular flexibility index (Phi) is 6.82. The zero-order chi connectivity index (χ0) is 32.6. The molecule has 2 aromatic heterocycles. The number of methoxy groups -OCH3 is 1. The largest absolute Gasteiger partial charge is 0.494 e. The van der Waals surface area contributed by atoms with Crippen LogP contribution < -0.4 is 20.5 Å². The van der Waals surface area contributed by atoms with Crippen LogP contribution in [0.25, 0.3) is 22.2 Å². The van der Waals surface area contributed by atoms with Gasteiger partial charge in [-0.2, -0.15) is 18.3 Å². The van der Waals surface area contributed by atoms with Crippen LogP contribution in [0.1, 0.15) is 65.0 Å². The first-order valence-electron chi connectivity index (χ1n) is 15.1. The number of aromatic nitrogens is 3. The number of amides is 2. The van der Waals surface area contributed by atoms with Gasteiger partial charge in [0.25, 0.3) is 5.91 Å². The first-order chi connectivity index (χ1) is 21.8. The van der Waals surface area contributed by atoms with E-state index < -0.39 is 41.2 Å². The molecule has 2 amide bonds. The van der Waals surface area contributed by atoms with Gasteiger partial charge < -0.3 is 25.6 Å². The van der Waals surface area contributed by atoms with Crippen LogP contribution in [0, 0.1) is 0 Å². The third-order valence-electron chi connectivity index (χ3n) is 9.38. The molecule has 0 saturated heterocycles. The van der Waals surface area contributed by atoms with Crippen LogP contribution in [0.3, 0.4) is 0 Å². The molecule has 240 valence electrons.